The van der Waals surface area contributed by atoms with Crippen LogP contribution in [0.1, 0.15) is 0 Å². The summed E-state index contributed by atoms with van der Waals surface area (Å²) in [6.07, 6.45) is 1.43. The Hall–Kier alpha value is -1.52. The van der Waals surface area contributed by atoms with Gasteiger partial charge in [-0.2, -0.15) is 4.98 Å². The fourth-order valence-corrected chi connectivity index (χ4v) is 1.48. The van der Waals surface area contributed by atoms with Crippen LogP contribution in [0.2, 0.25) is 10.0 Å². The van der Waals surface area contributed by atoms with Crippen LogP contribution >= 0.6 is 23.2 Å². The van der Waals surface area contributed by atoms with E-state index in [1.165, 1.54) is 6.20 Å². The monoisotopic (exact) mass is 254 g/mol. The lowest BCUT2D eigenvalue weighted by molar-refractivity contribution is 1.18. The van der Waals surface area contributed by atoms with Crippen molar-refractivity contribution < 1.29 is 0 Å². The van der Waals surface area contributed by atoms with Gasteiger partial charge in [0.2, 0.25) is 5.95 Å². The first kappa shape index (κ1) is 11.0. The first-order valence-electron chi connectivity index (χ1n) is 4.46. The number of halogens is 2. The molecule has 0 amide bonds. The highest BCUT2D eigenvalue weighted by Crippen LogP contribution is 2.27. The normalized spacial score (nSPS) is 10.1. The smallest absolute Gasteiger partial charge is 0.222 e. The minimum Gasteiger partial charge on any atom is -0.368 e. The fraction of sp³-hybridized carbons (Fsp3) is 0. The molecule has 0 saturated carbocycles. The molecule has 0 atom stereocenters. The molecule has 4 nitrogen and oxygen atoms in total. The van der Waals surface area contributed by atoms with E-state index in [9.17, 15) is 0 Å². The van der Waals surface area contributed by atoms with Crippen molar-refractivity contribution in [2.45, 2.75) is 0 Å². The Morgan fingerprint density at radius 2 is 1.88 bits per heavy atom. The van der Waals surface area contributed by atoms with Crippen molar-refractivity contribution >= 4 is 40.7 Å². The van der Waals surface area contributed by atoms with Crippen molar-refractivity contribution in [2.24, 2.45) is 0 Å². The Morgan fingerprint density at radius 1 is 1.12 bits per heavy atom. The van der Waals surface area contributed by atoms with Gasteiger partial charge in [0.05, 0.1) is 16.9 Å². The largest absolute Gasteiger partial charge is 0.368 e. The second-order valence-corrected chi connectivity index (χ2v) is 3.84. The number of rotatable bonds is 2. The van der Waals surface area contributed by atoms with Crippen molar-refractivity contribution in [2.75, 3.05) is 11.1 Å². The van der Waals surface area contributed by atoms with Crippen LogP contribution in [-0.2, 0) is 0 Å². The summed E-state index contributed by atoms with van der Waals surface area (Å²) in [6, 6.07) is 7.27. The molecule has 3 N–H and O–H groups in total. The molecule has 2 rings (SSSR count). The SMILES string of the molecule is Nc1ncc(Cl)c(Nc2ccccc2Cl)n1. The second-order valence-electron chi connectivity index (χ2n) is 3.03. The number of hydrogen-bond acceptors (Lipinski definition) is 4. The van der Waals surface area contributed by atoms with Crippen LogP contribution in [-0.4, -0.2) is 9.97 Å². The van der Waals surface area contributed by atoms with Gasteiger partial charge in [-0.15, -0.1) is 0 Å². The molecule has 16 heavy (non-hydrogen) atoms. The molecule has 0 aliphatic carbocycles. The number of para-hydroxylation sites is 1. The Morgan fingerprint density at radius 3 is 2.62 bits per heavy atom. The third-order valence-electron chi connectivity index (χ3n) is 1.89. The van der Waals surface area contributed by atoms with Crippen LogP contribution in [0.5, 0.6) is 0 Å². The maximum atomic E-state index is 5.99. The van der Waals surface area contributed by atoms with E-state index in [4.69, 9.17) is 28.9 Å². The summed E-state index contributed by atoms with van der Waals surface area (Å²) in [6.45, 7) is 0. The van der Waals surface area contributed by atoms with Crippen LogP contribution in [0.25, 0.3) is 0 Å². The zero-order valence-electron chi connectivity index (χ0n) is 8.11. The third kappa shape index (κ3) is 2.35. The highest BCUT2D eigenvalue weighted by molar-refractivity contribution is 6.34. The molecular formula is C10H8Cl2N4. The number of anilines is 3. The van der Waals surface area contributed by atoms with E-state index in [1.54, 1.807) is 6.07 Å². The van der Waals surface area contributed by atoms with E-state index in [-0.39, 0.29) is 5.95 Å². The number of nitrogens with zero attached hydrogens (tertiary/aromatic N) is 2. The summed E-state index contributed by atoms with van der Waals surface area (Å²) in [4.78, 5) is 7.74. The van der Waals surface area contributed by atoms with Gasteiger partial charge in [0.1, 0.15) is 5.02 Å². The van der Waals surface area contributed by atoms with Crippen molar-refractivity contribution in [3.8, 4) is 0 Å². The van der Waals surface area contributed by atoms with Gasteiger partial charge in [-0.1, -0.05) is 35.3 Å². The summed E-state index contributed by atoms with van der Waals surface area (Å²) in [7, 11) is 0. The standard InChI is InChI=1S/C10H8Cl2N4/c11-6-3-1-2-4-8(6)15-9-7(12)5-14-10(13)16-9/h1-5H,(H3,13,14,15,16). The molecule has 1 aromatic heterocycles. The number of aromatic nitrogens is 2. The van der Waals surface area contributed by atoms with E-state index in [1.807, 2.05) is 18.2 Å². The molecular weight excluding hydrogens is 247 g/mol. The minimum absolute atomic E-state index is 0.152. The van der Waals surface area contributed by atoms with Crippen molar-refractivity contribution in [3.05, 3.63) is 40.5 Å². The highest BCUT2D eigenvalue weighted by atomic mass is 35.5. The lowest BCUT2D eigenvalue weighted by Crippen LogP contribution is -2.00. The van der Waals surface area contributed by atoms with Gasteiger partial charge in [0, 0.05) is 0 Å². The van der Waals surface area contributed by atoms with Gasteiger partial charge in [-0.3, -0.25) is 0 Å². The quantitative estimate of drug-likeness (QED) is 0.865. The number of nitrogen functional groups attached to an aromatic ring is 1. The van der Waals surface area contributed by atoms with Gasteiger partial charge < -0.3 is 11.1 Å². The molecule has 0 fully saturated rings. The molecule has 0 radical (unpaired) electrons. The molecule has 0 bridgehead atoms. The van der Waals surface area contributed by atoms with Crippen LogP contribution in [0.4, 0.5) is 17.5 Å². The van der Waals surface area contributed by atoms with E-state index >= 15 is 0 Å². The predicted molar refractivity (Wildman–Crippen MR) is 66.2 cm³/mol. The van der Waals surface area contributed by atoms with Crippen LogP contribution in [0, 0.1) is 0 Å². The minimum atomic E-state index is 0.152. The molecule has 0 saturated heterocycles. The highest BCUT2D eigenvalue weighted by Gasteiger charge is 2.05. The number of benzene rings is 1. The predicted octanol–water partition coefficient (Wildman–Crippen LogP) is 3.11. The van der Waals surface area contributed by atoms with Gasteiger partial charge in [0.25, 0.3) is 0 Å². The van der Waals surface area contributed by atoms with Crippen LogP contribution in [0.3, 0.4) is 0 Å². The fourth-order valence-electron chi connectivity index (χ4n) is 1.16. The van der Waals surface area contributed by atoms with Crippen molar-refractivity contribution in [3.63, 3.8) is 0 Å². The molecule has 1 heterocycles. The van der Waals surface area contributed by atoms with Crippen LogP contribution in [0.15, 0.2) is 30.5 Å². The Labute approximate surface area is 102 Å². The number of nitrogens with two attached hydrogens (primary N) is 1. The molecule has 0 spiro atoms. The van der Waals surface area contributed by atoms with E-state index in [0.717, 1.165) is 0 Å². The summed E-state index contributed by atoms with van der Waals surface area (Å²) in [5, 5.41) is 3.95. The van der Waals surface area contributed by atoms with Crippen LogP contribution < -0.4 is 11.1 Å². The number of nitrogens with one attached hydrogen (secondary N) is 1. The zero-order chi connectivity index (χ0) is 11.5. The van der Waals surface area contributed by atoms with Gasteiger partial charge >= 0.3 is 0 Å². The topological polar surface area (TPSA) is 63.8 Å². The summed E-state index contributed by atoms with van der Waals surface area (Å²) in [5.41, 5.74) is 6.18. The molecule has 0 aliphatic rings. The Kier molecular flexibility index (Phi) is 3.12. The summed E-state index contributed by atoms with van der Waals surface area (Å²) in [5.74, 6) is 0.584. The lowest BCUT2D eigenvalue weighted by Gasteiger charge is -2.08. The van der Waals surface area contributed by atoms with Gasteiger partial charge in [-0.25, -0.2) is 4.98 Å². The molecule has 82 valence electrons. The van der Waals surface area contributed by atoms with Crippen molar-refractivity contribution in [1.82, 2.24) is 9.97 Å². The van der Waals surface area contributed by atoms with Crippen molar-refractivity contribution in [1.29, 1.82) is 0 Å². The maximum Gasteiger partial charge on any atom is 0.222 e. The summed E-state index contributed by atoms with van der Waals surface area (Å²) >= 11 is 11.9. The van der Waals surface area contributed by atoms with Gasteiger partial charge in [-0.05, 0) is 12.1 Å². The molecule has 6 heteroatoms. The Bertz CT molecular complexity index is 516. The summed E-state index contributed by atoms with van der Waals surface area (Å²) < 4.78 is 0. The number of hydrogen-bond donors (Lipinski definition) is 2. The van der Waals surface area contributed by atoms with Gasteiger partial charge in [0.15, 0.2) is 5.82 Å². The van der Waals surface area contributed by atoms with E-state index in [0.29, 0.717) is 21.6 Å². The first-order valence-corrected chi connectivity index (χ1v) is 5.22. The average Bonchev–Trinajstić information content (AvgIpc) is 2.27. The molecule has 0 aliphatic heterocycles. The Balaban J connectivity index is 2.34. The lowest BCUT2D eigenvalue weighted by atomic mass is 10.3. The maximum absolute atomic E-state index is 5.99. The van der Waals surface area contributed by atoms with E-state index < -0.39 is 0 Å². The third-order valence-corrected chi connectivity index (χ3v) is 2.50. The first-order chi connectivity index (χ1) is 7.66. The molecule has 0 unspecified atom stereocenters. The molecule has 1 aromatic carbocycles. The van der Waals surface area contributed by atoms with E-state index in [2.05, 4.69) is 15.3 Å². The zero-order valence-corrected chi connectivity index (χ0v) is 9.63. The second kappa shape index (κ2) is 4.55. The average molecular weight is 255 g/mol. The molecule has 2 aromatic rings.